The Morgan fingerprint density at radius 2 is 1.81 bits per heavy atom. The monoisotopic (exact) mass is 619 g/mol. The Morgan fingerprint density at radius 1 is 1.09 bits per heavy atom. The molecule has 7 nitrogen and oxygen atoms in total. The summed E-state index contributed by atoms with van der Waals surface area (Å²) in [6, 6.07) is 18.2. The van der Waals surface area contributed by atoms with Crippen LogP contribution in [0.15, 0.2) is 87.8 Å². The van der Waals surface area contributed by atoms with Crippen molar-refractivity contribution in [1.82, 2.24) is 9.47 Å². The van der Waals surface area contributed by atoms with E-state index in [2.05, 4.69) is 0 Å². The van der Waals surface area contributed by atoms with Crippen LogP contribution in [0.25, 0.3) is 6.08 Å². The molecule has 2 heterocycles. The van der Waals surface area contributed by atoms with E-state index in [1.165, 1.54) is 24.5 Å². The van der Waals surface area contributed by atoms with Gasteiger partial charge in [0.25, 0.3) is 11.5 Å². The van der Waals surface area contributed by atoms with E-state index in [1.54, 1.807) is 64.1 Å². The minimum Gasteiger partial charge on any atom is -0.493 e. The van der Waals surface area contributed by atoms with Crippen LogP contribution < -0.4 is 24.4 Å². The number of amides is 1. The molecule has 0 saturated heterocycles. The van der Waals surface area contributed by atoms with Gasteiger partial charge in [-0.05, 0) is 68.3 Å². The summed E-state index contributed by atoms with van der Waals surface area (Å²) >= 11 is 7.43. The van der Waals surface area contributed by atoms with E-state index in [9.17, 15) is 14.0 Å². The summed E-state index contributed by atoms with van der Waals surface area (Å²) in [4.78, 5) is 34.7. The van der Waals surface area contributed by atoms with E-state index in [1.807, 2.05) is 32.9 Å². The third-order valence-corrected chi connectivity index (χ3v) is 8.55. The third-order valence-electron chi connectivity index (χ3n) is 7.31. The molecule has 43 heavy (non-hydrogen) atoms. The number of nitrogens with zero attached hydrogens (tertiary/aromatic N) is 3. The maximum Gasteiger partial charge on any atom is 0.271 e. The number of benzene rings is 3. The highest BCUT2D eigenvalue weighted by Gasteiger charge is 2.34. The van der Waals surface area contributed by atoms with Crippen LogP contribution in [-0.4, -0.2) is 35.6 Å². The molecule has 10 heteroatoms. The smallest absolute Gasteiger partial charge is 0.271 e. The Balaban J connectivity index is 1.56. The van der Waals surface area contributed by atoms with Gasteiger partial charge in [0.15, 0.2) is 16.3 Å². The zero-order chi connectivity index (χ0) is 30.7. The van der Waals surface area contributed by atoms with Crippen molar-refractivity contribution in [2.75, 3.05) is 20.2 Å². The van der Waals surface area contributed by atoms with Crippen LogP contribution in [0.3, 0.4) is 0 Å². The van der Waals surface area contributed by atoms with Gasteiger partial charge >= 0.3 is 0 Å². The first-order valence-electron chi connectivity index (χ1n) is 13.9. The highest BCUT2D eigenvalue weighted by atomic mass is 35.5. The number of aromatic nitrogens is 1. The fourth-order valence-electron chi connectivity index (χ4n) is 5.05. The van der Waals surface area contributed by atoms with Crippen LogP contribution in [0.2, 0.25) is 5.02 Å². The largest absolute Gasteiger partial charge is 0.493 e. The van der Waals surface area contributed by atoms with Crippen molar-refractivity contribution in [2.24, 2.45) is 4.99 Å². The van der Waals surface area contributed by atoms with Gasteiger partial charge in [0, 0.05) is 23.7 Å². The maximum atomic E-state index is 14.1. The zero-order valence-corrected chi connectivity index (χ0v) is 25.8. The Bertz CT molecular complexity index is 1880. The number of ether oxygens (including phenoxy) is 2. The first kappa shape index (κ1) is 30.3. The summed E-state index contributed by atoms with van der Waals surface area (Å²) < 4.78 is 27.5. The fourth-order valence-corrected chi connectivity index (χ4v) is 6.22. The van der Waals surface area contributed by atoms with Gasteiger partial charge in [-0.2, -0.15) is 0 Å². The van der Waals surface area contributed by atoms with Crippen molar-refractivity contribution in [1.29, 1.82) is 0 Å². The molecular formula is C33H31ClFN3O4S. The maximum absolute atomic E-state index is 14.1. The van der Waals surface area contributed by atoms with Gasteiger partial charge in [-0.25, -0.2) is 9.38 Å². The number of hydrogen-bond donors (Lipinski definition) is 0. The van der Waals surface area contributed by atoms with E-state index < -0.39 is 6.04 Å². The lowest BCUT2D eigenvalue weighted by Gasteiger charge is -2.29. The molecule has 1 aromatic heterocycles. The summed E-state index contributed by atoms with van der Waals surface area (Å²) in [5.74, 6) is 0.390. The lowest BCUT2D eigenvalue weighted by molar-refractivity contribution is -0.127. The molecule has 0 saturated carbocycles. The topological polar surface area (TPSA) is 73.1 Å². The molecule has 222 valence electrons. The summed E-state index contributed by atoms with van der Waals surface area (Å²) in [5.41, 5.74) is 2.67. The van der Waals surface area contributed by atoms with E-state index in [0.29, 0.717) is 61.3 Å². The molecule has 0 radical (unpaired) electrons. The van der Waals surface area contributed by atoms with Crippen LogP contribution in [0.1, 0.15) is 43.5 Å². The lowest BCUT2D eigenvalue weighted by atomic mass is 9.94. The molecule has 1 atom stereocenters. The molecule has 0 fully saturated rings. The van der Waals surface area contributed by atoms with Crippen LogP contribution in [0.4, 0.5) is 4.39 Å². The second kappa shape index (κ2) is 13.0. The minimum absolute atomic E-state index is 0.0412. The van der Waals surface area contributed by atoms with E-state index >= 15 is 0 Å². The molecule has 0 unspecified atom stereocenters. The molecule has 5 rings (SSSR count). The molecule has 0 spiro atoms. The van der Waals surface area contributed by atoms with Crippen molar-refractivity contribution < 1.29 is 18.7 Å². The van der Waals surface area contributed by atoms with Gasteiger partial charge in [-0.3, -0.25) is 14.2 Å². The molecule has 1 aliphatic rings. The fraction of sp³-hybridized carbons (Fsp3) is 0.242. The highest BCUT2D eigenvalue weighted by Crippen LogP contribution is 2.32. The minimum atomic E-state index is -0.660. The number of hydrogen-bond acceptors (Lipinski definition) is 6. The number of rotatable bonds is 9. The van der Waals surface area contributed by atoms with Gasteiger partial charge in [-0.15, -0.1) is 0 Å². The van der Waals surface area contributed by atoms with Crippen LogP contribution in [-0.2, 0) is 11.4 Å². The van der Waals surface area contributed by atoms with Crippen molar-refractivity contribution in [3.63, 3.8) is 0 Å². The number of likely N-dealkylation sites (N-methyl/N-ethyl adjacent to an activating group) is 1. The Labute approximate surface area is 257 Å². The zero-order valence-electron chi connectivity index (χ0n) is 24.3. The predicted molar refractivity (Wildman–Crippen MR) is 167 cm³/mol. The number of methoxy groups -OCH3 is 1. The first-order chi connectivity index (χ1) is 20.7. The SMILES string of the molecule is CCN(CC)C(=O)C1=C(C)N=c2s/c(=C/c3ccc(OCc4ccccc4F)c(OC)c3)c(=O)n2[C@@H]1c1ccc(Cl)cc1. The number of fused-ring (bicyclic) bond motifs is 1. The van der Waals surface area contributed by atoms with Crippen molar-refractivity contribution >= 4 is 34.9 Å². The summed E-state index contributed by atoms with van der Waals surface area (Å²) in [5, 5.41) is 0.559. The molecule has 3 aromatic carbocycles. The van der Waals surface area contributed by atoms with Crippen LogP contribution >= 0.6 is 22.9 Å². The van der Waals surface area contributed by atoms with Crippen molar-refractivity contribution in [3.05, 3.63) is 125 Å². The highest BCUT2D eigenvalue weighted by molar-refractivity contribution is 7.07. The Morgan fingerprint density at radius 3 is 2.49 bits per heavy atom. The van der Waals surface area contributed by atoms with Crippen LogP contribution in [0.5, 0.6) is 11.5 Å². The van der Waals surface area contributed by atoms with Gasteiger partial charge in [-0.1, -0.05) is 59.3 Å². The molecule has 0 N–H and O–H groups in total. The van der Waals surface area contributed by atoms with Gasteiger partial charge in [0.05, 0.1) is 29.0 Å². The standard InChI is InChI=1S/C33H31ClFN3O4S/c1-5-37(6-2)32(40)29-20(3)36-33-38(30(29)22-12-14-24(34)15-13-22)31(39)28(43-33)18-21-11-16-26(27(17-21)41-4)42-19-23-9-7-8-10-25(23)35/h7-18,30H,5-6,19H2,1-4H3/b28-18+/t30-/m1/s1. The number of carbonyl (C=O) groups excluding carboxylic acids is 1. The normalized spacial score (nSPS) is 14.7. The van der Waals surface area contributed by atoms with E-state index in [4.69, 9.17) is 26.1 Å². The van der Waals surface area contributed by atoms with Crippen molar-refractivity contribution in [2.45, 2.75) is 33.4 Å². The number of allylic oxidation sites excluding steroid dienone is 1. The van der Waals surface area contributed by atoms with E-state index in [-0.39, 0.29) is 23.9 Å². The lowest BCUT2D eigenvalue weighted by Crippen LogP contribution is -2.43. The quantitative estimate of drug-likeness (QED) is 0.249. The summed E-state index contributed by atoms with van der Waals surface area (Å²) in [6.07, 6.45) is 1.76. The molecule has 4 aromatic rings. The van der Waals surface area contributed by atoms with Gasteiger partial charge < -0.3 is 14.4 Å². The average Bonchev–Trinajstić information content (AvgIpc) is 3.31. The van der Waals surface area contributed by atoms with Gasteiger partial charge in [0.1, 0.15) is 12.4 Å². The number of carbonyl (C=O) groups is 1. The second-order valence-corrected chi connectivity index (χ2v) is 11.3. The third kappa shape index (κ3) is 6.14. The Hall–Kier alpha value is -4.21. The van der Waals surface area contributed by atoms with Crippen molar-refractivity contribution in [3.8, 4) is 11.5 Å². The number of thiazole rings is 1. The molecule has 0 aliphatic carbocycles. The Kier molecular flexibility index (Phi) is 9.13. The van der Waals surface area contributed by atoms with E-state index in [0.717, 1.165) is 5.56 Å². The predicted octanol–water partition coefficient (Wildman–Crippen LogP) is 5.48. The average molecular weight is 620 g/mol. The summed E-state index contributed by atoms with van der Waals surface area (Å²) in [6.45, 7) is 6.77. The summed E-state index contributed by atoms with van der Waals surface area (Å²) in [7, 11) is 1.52. The molecule has 1 aliphatic heterocycles. The van der Waals surface area contributed by atoms with Crippen LogP contribution in [0, 0.1) is 5.82 Å². The molecular weight excluding hydrogens is 589 g/mol. The first-order valence-corrected chi connectivity index (χ1v) is 15.1. The second-order valence-electron chi connectivity index (χ2n) is 9.90. The molecule has 1 amide bonds. The molecule has 0 bridgehead atoms. The number of halogens is 2. The van der Waals surface area contributed by atoms with Gasteiger partial charge in [0.2, 0.25) is 0 Å².